The fraction of sp³-hybridized carbons (Fsp3) is 0.174. The minimum absolute atomic E-state index is 0.0186. The summed E-state index contributed by atoms with van der Waals surface area (Å²) in [5.41, 5.74) is 6.02. The second-order valence-corrected chi connectivity index (χ2v) is 6.92. The number of pyridine rings is 1. The van der Waals surface area contributed by atoms with Crippen molar-refractivity contribution >= 4 is 28.9 Å². The molecule has 0 fully saturated rings. The topological polar surface area (TPSA) is 71.1 Å². The summed E-state index contributed by atoms with van der Waals surface area (Å²) >= 11 is 0. The first-order valence-corrected chi connectivity index (χ1v) is 9.07. The summed E-state index contributed by atoms with van der Waals surface area (Å²) in [6.45, 7) is 7.54. The van der Waals surface area contributed by atoms with E-state index >= 15 is 0 Å². The number of Topliss-reactive ketones (excluding diaryl/α,β-unsaturated/α-hetero) is 1. The lowest BCUT2D eigenvalue weighted by Crippen LogP contribution is -2.14. The van der Waals surface area contributed by atoms with E-state index in [1.54, 1.807) is 30.5 Å². The average Bonchev–Trinajstić information content (AvgIpc) is 2.65. The zero-order chi connectivity index (χ0) is 20.3. The van der Waals surface area contributed by atoms with Crippen LogP contribution in [0.2, 0.25) is 0 Å². The van der Waals surface area contributed by atoms with Crippen LogP contribution in [0.4, 0.5) is 17.2 Å². The molecule has 2 N–H and O–H groups in total. The van der Waals surface area contributed by atoms with E-state index in [0.717, 1.165) is 22.5 Å². The van der Waals surface area contributed by atoms with Crippen LogP contribution in [0.3, 0.4) is 0 Å². The molecule has 0 radical (unpaired) electrons. The summed E-state index contributed by atoms with van der Waals surface area (Å²) < 4.78 is 0. The first kappa shape index (κ1) is 19.3. The molecule has 3 rings (SSSR count). The third-order valence-electron chi connectivity index (χ3n) is 4.50. The van der Waals surface area contributed by atoms with Crippen molar-refractivity contribution in [1.29, 1.82) is 0 Å². The van der Waals surface area contributed by atoms with E-state index in [2.05, 4.69) is 15.6 Å². The van der Waals surface area contributed by atoms with E-state index in [-0.39, 0.29) is 11.7 Å². The van der Waals surface area contributed by atoms with Crippen LogP contribution in [0, 0.1) is 20.8 Å². The number of carbonyl (C=O) groups is 2. The zero-order valence-electron chi connectivity index (χ0n) is 16.5. The van der Waals surface area contributed by atoms with Crippen molar-refractivity contribution in [3.63, 3.8) is 0 Å². The molecule has 2 aromatic carbocycles. The van der Waals surface area contributed by atoms with Gasteiger partial charge in [0.15, 0.2) is 5.78 Å². The lowest BCUT2D eigenvalue weighted by atomic mass is 10.0. The Kier molecular flexibility index (Phi) is 5.54. The van der Waals surface area contributed by atoms with Gasteiger partial charge in [0, 0.05) is 28.7 Å². The van der Waals surface area contributed by atoms with Gasteiger partial charge in [0.25, 0.3) is 5.91 Å². The van der Waals surface area contributed by atoms with Crippen LogP contribution in [0.25, 0.3) is 0 Å². The van der Waals surface area contributed by atoms with Crippen LogP contribution >= 0.6 is 0 Å². The molecule has 0 aliphatic carbocycles. The Morgan fingerprint density at radius 1 is 0.857 bits per heavy atom. The SMILES string of the molecule is CC(=O)c1ccc(Nc2cc(C(=O)Nc3c(C)cc(C)cc3C)ccn2)cc1. The highest BCUT2D eigenvalue weighted by molar-refractivity contribution is 6.05. The van der Waals surface area contributed by atoms with Crippen LogP contribution in [-0.2, 0) is 0 Å². The molecule has 28 heavy (non-hydrogen) atoms. The van der Waals surface area contributed by atoms with Crippen molar-refractivity contribution in [1.82, 2.24) is 4.98 Å². The lowest BCUT2D eigenvalue weighted by molar-refractivity contribution is 0.101. The number of benzene rings is 2. The van der Waals surface area contributed by atoms with Gasteiger partial charge in [0.05, 0.1) is 0 Å². The van der Waals surface area contributed by atoms with Crippen molar-refractivity contribution in [2.24, 2.45) is 0 Å². The van der Waals surface area contributed by atoms with E-state index in [1.807, 2.05) is 45.0 Å². The Labute approximate surface area is 164 Å². The summed E-state index contributed by atoms with van der Waals surface area (Å²) in [6.07, 6.45) is 1.59. The van der Waals surface area contributed by atoms with Gasteiger partial charge in [0.1, 0.15) is 5.82 Å². The maximum absolute atomic E-state index is 12.7. The standard InChI is InChI=1S/C23H23N3O2/c1-14-11-15(2)22(16(3)12-14)26-23(28)19-9-10-24-21(13-19)25-20-7-5-18(6-8-20)17(4)27/h5-13H,1-4H3,(H,24,25)(H,26,28). The molecule has 1 amide bonds. The normalized spacial score (nSPS) is 10.4. The van der Waals surface area contributed by atoms with Crippen molar-refractivity contribution in [2.75, 3.05) is 10.6 Å². The van der Waals surface area contributed by atoms with Gasteiger partial charge in [0.2, 0.25) is 0 Å². The molecule has 0 aliphatic heterocycles. The number of aromatic nitrogens is 1. The van der Waals surface area contributed by atoms with Gasteiger partial charge in [-0.1, -0.05) is 17.7 Å². The second-order valence-electron chi connectivity index (χ2n) is 6.92. The Morgan fingerprint density at radius 3 is 2.11 bits per heavy atom. The van der Waals surface area contributed by atoms with Crippen molar-refractivity contribution in [3.05, 3.63) is 82.5 Å². The van der Waals surface area contributed by atoms with Gasteiger partial charge in [-0.05, 0) is 75.2 Å². The Hall–Kier alpha value is -3.47. The smallest absolute Gasteiger partial charge is 0.255 e. The molecule has 0 bridgehead atoms. The Bertz CT molecular complexity index is 1020. The third-order valence-corrected chi connectivity index (χ3v) is 4.50. The van der Waals surface area contributed by atoms with Crippen molar-refractivity contribution in [3.8, 4) is 0 Å². The minimum Gasteiger partial charge on any atom is -0.340 e. The van der Waals surface area contributed by atoms with Gasteiger partial charge in [-0.25, -0.2) is 4.98 Å². The molecule has 0 spiro atoms. The second kappa shape index (κ2) is 8.05. The van der Waals surface area contributed by atoms with Crippen molar-refractivity contribution < 1.29 is 9.59 Å². The van der Waals surface area contributed by atoms with E-state index in [0.29, 0.717) is 16.9 Å². The molecule has 5 nitrogen and oxygen atoms in total. The number of rotatable bonds is 5. The highest BCUT2D eigenvalue weighted by Gasteiger charge is 2.11. The number of hydrogen-bond donors (Lipinski definition) is 2. The predicted molar refractivity (Wildman–Crippen MR) is 113 cm³/mol. The first-order valence-electron chi connectivity index (χ1n) is 9.07. The minimum atomic E-state index is -0.188. The summed E-state index contributed by atoms with van der Waals surface area (Å²) in [5.74, 6) is 0.387. The van der Waals surface area contributed by atoms with E-state index in [1.165, 1.54) is 12.5 Å². The van der Waals surface area contributed by atoms with Crippen LogP contribution < -0.4 is 10.6 Å². The quantitative estimate of drug-likeness (QED) is 0.603. The highest BCUT2D eigenvalue weighted by Crippen LogP contribution is 2.23. The number of nitrogens with one attached hydrogen (secondary N) is 2. The summed E-state index contributed by atoms with van der Waals surface area (Å²) in [4.78, 5) is 28.4. The van der Waals surface area contributed by atoms with Gasteiger partial charge < -0.3 is 10.6 Å². The van der Waals surface area contributed by atoms with E-state index in [4.69, 9.17) is 0 Å². The number of hydrogen-bond acceptors (Lipinski definition) is 4. The van der Waals surface area contributed by atoms with Gasteiger partial charge in [-0.15, -0.1) is 0 Å². The zero-order valence-corrected chi connectivity index (χ0v) is 16.5. The maximum atomic E-state index is 12.7. The first-order chi connectivity index (χ1) is 13.3. The van der Waals surface area contributed by atoms with E-state index < -0.39 is 0 Å². The molecule has 0 aliphatic rings. The van der Waals surface area contributed by atoms with E-state index in [9.17, 15) is 9.59 Å². The fourth-order valence-electron chi connectivity index (χ4n) is 3.14. The molecule has 0 saturated heterocycles. The number of carbonyl (C=O) groups excluding carboxylic acids is 2. The maximum Gasteiger partial charge on any atom is 0.255 e. The number of aryl methyl sites for hydroxylation is 3. The highest BCUT2D eigenvalue weighted by atomic mass is 16.1. The summed E-state index contributed by atoms with van der Waals surface area (Å²) in [6, 6.07) is 14.6. The molecule has 1 heterocycles. The molecule has 5 heteroatoms. The summed E-state index contributed by atoms with van der Waals surface area (Å²) in [7, 11) is 0. The molecule has 1 aromatic heterocycles. The largest absolute Gasteiger partial charge is 0.340 e. The van der Waals surface area contributed by atoms with Gasteiger partial charge in [-0.2, -0.15) is 0 Å². The predicted octanol–water partition coefficient (Wildman–Crippen LogP) is 5.21. The third kappa shape index (κ3) is 4.43. The van der Waals surface area contributed by atoms with Crippen LogP contribution in [0.5, 0.6) is 0 Å². The Balaban J connectivity index is 1.77. The number of nitrogens with zero attached hydrogens (tertiary/aromatic N) is 1. The monoisotopic (exact) mass is 373 g/mol. The molecule has 0 unspecified atom stereocenters. The molecular formula is C23H23N3O2. The average molecular weight is 373 g/mol. The van der Waals surface area contributed by atoms with Crippen molar-refractivity contribution in [2.45, 2.75) is 27.7 Å². The van der Waals surface area contributed by atoms with Crippen LogP contribution in [0.15, 0.2) is 54.7 Å². The molecule has 0 saturated carbocycles. The molecule has 142 valence electrons. The van der Waals surface area contributed by atoms with Gasteiger partial charge >= 0.3 is 0 Å². The van der Waals surface area contributed by atoms with Crippen LogP contribution in [0.1, 0.15) is 44.3 Å². The fourth-order valence-corrected chi connectivity index (χ4v) is 3.14. The number of anilines is 3. The number of amides is 1. The molecule has 0 atom stereocenters. The number of ketones is 1. The Morgan fingerprint density at radius 2 is 1.50 bits per heavy atom. The lowest BCUT2D eigenvalue weighted by Gasteiger charge is -2.13. The summed E-state index contributed by atoms with van der Waals surface area (Å²) in [5, 5.41) is 6.16. The molecular weight excluding hydrogens is 350 g/mol. The van der Waals surface area contributed by atoms with Gasteiger partial charge in [-0.3, -0.25) is 9.59 Å². The van der Waals surface area contributed by atoms with Crippen LogP contribution in [-0.4, -0.2) is 16.7 Å². The molecule has 3 aromatic rings.